The molecule has 0 bridgehead atoms. The van der Waals surface area contributed by atoms with Crippen LogP contribution < -0.4 is 15.1 Å². The van der Waals surface area contributed by atoms with Crippen LogP contribution in [0.1, 0.15) is 43.1 Å². The Kier molecular flexibility index (Phi) is 4.29. The van der Waals surface area contributed by atoms with Crippen molar-refractivity contribution in [1.82, 2.24) is 4.57 Å². The molecule has 0 unspecified atom stereocenters. The first kappa shape index (κ1) is 19.2. The number of anilines is 1. The highest BCUT2D eigenvalue weighted by atomic mass is 19.1. The van der Waals surface area contributed by atoms with E-state index >= 15 is 4.39 Å². The summed E-state index contributed by atoms with van der Waals surface area (Å²) in [6, 6.07) is 1.12. The Balaban J connectivity index is 2.03. The van der Waals surface area contributed by atoms with Crippen LogP contribution in [0.2, 0.25) is 0 Å². The van der Waals surface area contributed by atoms with Crippen molar-refractivity contribution in [3.8, 4) is 5.75 Å². The smallest absolute Gasteiger partial charge is 0.341 e. The minimum atomic E-state index is -1.35. The summed E-state index contributed by atoms with van der Waals surface area (Å²) in [7, 11) is 1.40. The maximum absolute atomic E-state index is 15.2. The van der Waals surface area contributed by atoms with E-state index in [9.17, 15) is 19.9 Å². The number of carboxylic acid groups (broad SMARTS) is 1. The summed E-state index contributed by atoms with van der Waals surface area (Å²) >= 11 is 0. The maximum atomic E-state index is 15.2. The van der Waals surface area contributed by atoms with Gasteiger partial charge in [-0.05, 0) is 18.9 Å². The highest BCUT2D eigenvalue weighted by Gasteiger charge is 2.40. The third-order valence-electron chi connectivity index (χ3n) is 5.72. The molecule has 1 aliphatic carbocycles. The van der Waals surface area contributed by atoms with Crippen molar-refractivity contribution >= 4 is 28.3 Å². The van der Waals surface area contributed by atoms with Gasteiger partial charge in [-0.3, -0.25) is 4.79 Å². The number of oxime groups is 1. The first-order chi connectivity index (χ1) is 13.7. The molecule has 1 saturated heterocycles. The van der Waals surface area contributed by atoms with E-state index in [1.54, 1.807) is 9.47 Å². The molecule has 2 fully saturated rings. The third-order valence-corrected chi connectivity index (χ3v) is 5.72. The lowest BCUT2D eigenvalue weighted by Crippen LogP contribution is -2.25. The van der Waals surface area contributed by atoms with Gasteiger partial charge in [-0.25, -0.2) is 9.18 Å². The summed E-state index contributed by atoms with van der Waals surface area (Å²) in [5, 5.41) is 22.1. The van der Waals surface area contributed by atoms with Gasteiger partial charge in [0.1, 0.15) is 11.3 Å². The fourth-order valence-electron chi connectivity index (χ4n) is 4.07. The highest BCUT2D eigenvalue weighted by Crippen LogP contribution is 2.45. The number of aromatic nitrogens is 1. The largest absolute Gasteiger partial charge is 0.492 e. The van der Waals surface area contributed by atoms with E-state index in [0.29, 0.717) is 17.8 Å². The number of halogens is 1. The Hall–Kier alpha value is -3.10. The zero-order valence-corrected chi connectivity index (χ0v) is 16.4. The number of ether oxygens (including phenoxy) is 1. The lowest BCUT2D eigenvalue weighted by atomic mass is 9.91. The van der Waals surface area contributed by atoms with Crippen LogP contribution in [0.3, 0.4) is 0 Å². The Bertz CT molecular complexity index is 1120. The third kappa shape index (κ3) is 2.92. The Labute approximate surface area is 165 Å². The molecule has 2 N–H and O–H groups in total. The van der Waals surface area contributed by atoms with Crippen LogP contribution in [0.25, 0.3) is 10.9 Å². The van der Waals surface area contributed by atoms with Crippen LogP contribution in [-0.4, -0.2) is 46.8 Å². The molecule has 0 radical (unpaired) electrons. The molecular weight excluding hydrogens is 381 g/mol. The fraction of sp³-hybridized carbons (Fsp3) is 0.450. The maximum Gasteiger partial charge on any atom is 0.341 e. The van der Waals surface area contributed by atoms with Gasteiger partial charge in [-0.1, -0.05) is 19.0 Å². The molecule has 154 valence electrons. The number of carbonyl (C=O) groups is 1. The van der Waals surface area contributed by atoms with Crippen molar-refractivity contribution in [3.05, 3.63) is 33.9 Å². The summed E-state index contributed by atoms with van der Waals surface area (Å²) < 4.78 is 22.5. The number of carboxylic acids is 1. The average molecular weight is 403 g/mol. The van der Waals surface area contributed by atoms with Crippen molar-refractivity contribution in [2.24, 2.45) is 10.6 Å². The van der Waals surface area contributed by atoms with E-state index in [-0.39, 0.29) is 29.4 Å². The van der Waals surface area contributed by atoms with Crippen molar-refractivity contribution in [2.45, 2.75) is 32.7 Å². The fourth-order valence-corrected chi connectivity index (χ4v) is 4.07. The molecule has 2 aromatic rings. The number of fused-ring (bicyclic) bond motifs is 1. The molecule has 8 nitrogen and oxygen atoms in total. The van der Waals surface area contributed by atoms with Crippen LogP contribution in [0.5, 0.6) is 5.75 Å². The van der Waals surface area contributed by atoms with Gasteiger partial charge in [0.15, 0.2) is 11.6 Å². The topological polar surface area (TPSA) is 104 Å². The zero-order chi connectivity index (χ0) is 21.1. The number of nitrogens with zero attached hydrogens (tertiary/aromatic N) is 3. The van der Waals surface area contributed by atoms with Gasteiger partial charge in [-0.2, -0.15) is 0 Å². The Morgan fingerprint density at radius 2 is 2.07 bits per heavy atom. The second-order valence-corrected chi connectivity index (χ2v) is 8.24. The van der Waals surface area contributed by atoms with E-state index in [0.717, 1.165) is 18.9 Å². The predicted molar refractivity (Wildman–Crippen MR) is 105 cm³/mol. The van der Waals surface area contributed by atoms with Crippen LogP contribution in [0.15, 0.2) is 22.2 Å². The predicted octanol–water partition coefficient (Wildman–Crippen LogP) is 2.86. The molecule has 0 spiro atoms. The lowest BCUT2D eigenvalue weighted by Gasteiger charge is -2.25. The molecule has 1 saturated carbocycles. The number of rotatable bonds is 4. The molecule has 1 aromatic carbocycles. The molecular formula is C20H22FN3O5. The van der Waals surface area contributed by atoms with E-state index in [2.05, 4.69) is 5.16 Å². The molecule has 0 atom stereocenters. The molecule has 1 aliphatic heterocycles. The minimum Gasteiger partial charge on any atom is -0.492 e. The average Bonchev–Trinajstić information content (AvgIpc) is 3.44. The molecule has 2 aliphatic rings. The monoisotopic (exact) mass is 403 g/mol. The van der Waals surface area contributed by atoms with Crippen LogP contribution in [0, 0.1) is 11.2 Å². The van der Waals surface area contributed by atoms with Crippen molar-refractivity contribution in [3.63, 3.8) is 0 Å². The second kappa shape index (κ2) is 6.47. The number of methoxy groups -OCH3 is 1. The van der Waals surface area contributed by atoms with Crippen LogP contribution >= 0.6 is 0 Å². The van der Waals surface area contributed by atoms with Crippen LogP contribution in [0.4, 0.5) is 10.1 Å². The zero-order valence-electron chi connectivity index (χ0n) is 16.4. The first-order valence-corrected chi connectivity index (χ1v) is 9.34. The molecule has 2 heterocycles. The Morgan fingerprint density at radius 3 is 2.59 bits per heavy atom. The molecule has 29 heavy (non-hydrogen) atoms. The molecule has 9 heteroatoms. The SMILES string of the molecule is COc1c(N2CC(=NO)C(C)(C)C2)c(F)cc2c(=O)c(C(=O)O)cn(C3CC3)c12. The van der Waals surface area contributed by atoms with Gasteiger partial charge < -0.3 is 24.5 Å². The molecule has 1 aromatic heterocycles. The second-order valence-electron chi connectivity index (χ2n) is 8.24. The number of hydrogen-bond acceptors (Lipinski definition) is 6. The number of aromatic carboxylic acids is 1. The van der Waals surface area contributed by atoms with E-state index < -0.39 is 28.2 Å². The molecule has 4 rings (SSSR count). The van der Waals surface area contributed by atoms with E-state index in [1.165, 1.54) is 13.3 Å². The number of pyridine rings is 1. The van der Waals surface area contributed by atoms with Crippen LogP contribution in [-0.2, 0) is 0 Å². The molecule has 0 amide bonds. The highest BCUT2D eigenvalue weighted by molar-refractivity contribution is 6.00. The lowest BCUT2D eigenvalue weighted by molar-refractivity contribution is 0.0694. The van der Waals surface area contributed by atoms with Gasteiger partial charge >= 0.3 is 5.97 Å². The quantitative estimate of drug-likeness (QED) is 0.601. The van der Waals surface area contributed by atoms with Gasteiger partial charge in [-0.15, -0.1) is 0 Å². The summed E-state index contributed by atoms with van der Waals surface area (Å²) in [6.45, 7) is 4.40. The standard InChI is InChI=1S/C20H22FN3O5/c1-20(2)9-23(8-14(20)22-28)16-13(21)6-11-15(18(16)29-3)24(10-4-5-10)7-12(17(11)25)19(26)27/h6-7,10,28H,4-5,8-9H2,1-3H3,(H,26,27). The number of benzene rings is 1. The van der Waals surface area contributed by atoms with Gasteiger partial charge in [0.2, 0.25) is 5.43 Å². The van der Waals surface area contributed by atoms with E-state index in [1.807, 2.05) is 13.8 Å². The number of hydrogen-bond donors (Lipinski definition) is 2. The summed E-state index contributed by atoms with van der Waals surface area (Å²) in [4.78, 5) is 26.0. The van der Waals surface area contributed by atoms with Crippen molar-refractivity contribution in [2.75, 3.05) is 25.1 Å². The van der Waals surface area contributed by atoms with Gasteiger partial charge in [0, 0.05) is 24.2 Å². The van der Waals surface area contributed by atoms with Gasteiger partial charge in [0.25, 0.3) is 0 Å². The van der Waals surface area contributed by atoms with E-state index in [4.69, 9.17) is 4.74 Å². The Morgan fingerprint density at radius 1 is 1.38 bits per heavy atom. The minimum absolute atomic E-state index is 0.0237. The van der Waals surface area contributed by atoms with Crippen molar-refractivity contribution < 1.29 is 24.2 Å². The summed E-state index contributed by atoms with van der Waals surface area (Å²) in [6.07, 6.45) is 3.00. The normalized spacial score (nSPS) is 19.9. The summed E-state index contributed by atoms with van der Waals surface area (Å²) in [5.41, 5.74) is -0.537. The summed E-state index contributed by atoms with van der Waals surface area (Å²) in [5.74, 6) is -1.86. The first-order valence-electron chi connectivity index (χ1n) is 9.34. The van der Waals surface area contributed by atoms with Gasteiger partial charge in [0.05, 0.1) is 30.3 Å². The van der Waals surface area contributed by atoms with Crippen molar-refractivity contribution in [1.29, 1.82) is 0 Å².